The van der Waals surface area contributed by atoms with E-state index in [-0.39, 0.29) is 17.4 Å². The highest BCUT2D eigenvalue weighted by atomic mass is 16.6. The fraction of sp³-hybridized carbons (Fsp3) is 0.700. The number of rotatable bonds is 3. The number of furan rings is 1. The SMILES string of the molecule is CC(C)(C)OC(=O)N1CCC2(CCN(C(=O)CCc3ccco3)CC2)C1. The summed E-state index contributed by atoms with van der Waals surface area (Å²) in [4.78, 5) is 28.5. The number of carbonyl (C=O) groups excluding carboxylic acids is 2. The Kier molecular flexibility index (Phi) is 5.30. The average Bonchev–Trinajstić information content (AvgIpc) is 3.22. The van der Waals surface area contributed by atoms with Gasteiger partial charge in [0.05, 0.1) is 6.26 Å². The average molecular weight is 362 g/mol. The maximum atomic E-state index is 12.4. The van der Waals surface area contributed by atoms with Crippen molar-refractivity contribution in [1.82, 2.24) is 9.80 Å². The number of hydrogen-bond acceptors (Lipinski definition) is 4. The van der Waals surface area contributed by atoms with E-state index in [0.717, 1.165) is 51.2 Å². The fourth-order valence-electron chi connectivity index (χ4n) is 3.90. The summed E-state index contributed by atoms with van der Waals surface area (Å²) < 4.78 is 10.8. The molecule has 0 aromatic carbocycles. The van der Waals surface area contributed by atoms with Gasteiger partial charge in [-0.1, -0.05) is 0 Å². The van der Waals surface area contributed by atoms with E-state index in [0.29, 0.717) is 12.8 Å². The number of nitrogens with zero attached hydrogens (tertiary/aromatic N) is 2. The van der Waals surface area contributed by atoms with Crippen LogP contribution in [0.2, 0.25) is 0 Å². The molecule has 6 heteroatoms. The summed E-state index contributed by atoms with van der Waals surface area (Å²) in [6, 6.07) is 3.75. The van der Waals surface area contributed by atoms with Crippen molar-refractivity contribution in [2.24, 2.45) is 5.41 Å². The van der Waals surface area contributed by atoms with Crippen LogP contribution in [0.15, 0.2) is 22.8 Å². The summed E-state index contributed by atoms with van der Waals surface area (Å²) in [6.45, 7) is 8.73. The van der Waals surface area contributed by atoms with E-state index in [2.05, 4.69) is 0 Å². The molecule has 0 N–H and O–H groups in total. The highest BCUT2D eigenvalue weighted by molar-refractivity contribution is 5.76. The van der Waals surface area contributed by atoms with Crippen molar-refractivity contribution in [1.29, 1.82) is 0 Å². The van der Waals surface area contributed by atoms with Gasteiger partial charge in [-0.2, -0.15) is 0 Å². The van der Waals surface area contributed by atoms with Crippen molar-refractivity contribution in [3.05, 3.63) is 24.2 Å². The number of amides is 2. The molecule has 2 fully saturated rings. The van der Waals surface area contributed by atoms with Gasteiger partial charge in [-0.05, 0) is 57.6 Å². The summed E-state index contributed by atoms with van der Waals surface area (Å²) in [6.07, 6.45) is 5.48. The van der Waals surface area contributed by atoms with E-state index >= 15 is 0 Å². The minimum atomic E-state index is -0.462. The molecular formula is C20H30N2O4. The van der Waals surface area contributed by atoms with Gasteiger partial charge >= 0.3 is 6.09 Å². The second-order valence-corrected chi connectivity index (χ2v) is 8.61. The third-order valence-electron chi connectivity index (χ3n) is 5.43. The lowest BCUT2D eigenvalue weighted by Gasteiger charge is -2.39. The van der Waals surface area contributed by atoms with Crippen LogP contribution in [-0.4, -0.2) is 53.6 Å². The minimum absolute atomic E-state index is 0.148. The third kappa shape index (κ3) is 4.59. The maximum Gasteiger partial charge on any atom is 0.410 e. The monoisotopic (exact) mass is 362 g/mol. The van der Waals surface area contributed by atoms with Crippen molar-refractivity contribution < 1.29 is 18.7 Å². The topological polar surface area (TPSA) is 63.0 Å². The quantitative estimate of drug-likeness (QED) is 0.826. The second-order valence-electron chi connectivity index (χ2n) is 8.61. The molecule has 0 aliphatic carbocycles. The number of hydrogen-bond donors (Lipinski definition) is 0. The number of ether oxygens (including phenoxy) is 1. The molecule has 1 aromatic heterocycles. The summed E-state index contributed by atoms with van der Waals surface area (Å²) in [7, 11) is 0. The smallest absolute Gasteiger partial charge is 0.410 e. The van der Waals surface area contributed by atoms with Crippen LogP contribution in [0.4, 0.5) is 4.79 Å². The molecule has 2 aliphatic rings. The van der Waals surface area contributed by atoms with Crippen LogP contribution in [0.25, 0.3) is 0 Å². The number of piperidine rings is 1. The van der Waals surface area contributed by atoms with Crippen molar-refractivity contribution in [3.63, 3.8) is 0 Å². The van der Waals surface area contributed by atoms with E-state index < -0.39 is 5.60 Å². The van der Waals surface area contributed by atoms with Crippen molar-refractivity contribution in [3.8, 4) is 0 Å². The molecule has 3 rings (SSSR count). The Hall–Kier alpha value is -1.98. The predicted molar refractivity (Wildman–Crippen MR) is 97.7 cm³/mol. The summed E-state index contributed by atoms with van der Waals surface area (Å²) in [5, 5.41) is 0. The molecule has 3 heterocycles. The molecule has 1 spiro atoms. The van der Waals surface area contributed by atoms with Gasteiger partial charge < -0.3 is 19.0 Å². The van der Waals surface area contributed by atoms with Crippen LogP contribution < -0.4 is 0 Å². The Bertz CT molecular complexity index is 625. The van der Waals surface area contributed by atoms with Crippen LogP contribution in [-0.2, 0) is 16.0 Å². The van der Waals surface area contributed by atoms with Crippen molar-refractivity contribution in [2.45, 2.75) is 58.5 Å². The Morgan fingerprint density at radius 2 is 1.81 bits per heavy atom. The van der Waals surface area contributed by atoms with Crippen LogP contribution >= 0.6 is 0 Å². The first kappa shape index (κ1) is 18.8. The van der Waals surface area contributed by atoms with E-state index in [1.165, 1.54) is 0 Å². The Morgan fingerprint density at radius 1 is 1.15 bits per heavy atom. The van der Waals surface area contributed by atoms with Gasteiger partial charge in [0.2, 0.25) is 5.91 Å². The lowest BCUT2D eigenvalue weighted by Crippen LogP contribution is -2.45. The molecule has 2 aliphatic heterocycles. The molecule has 26 heavy (non-hydrogen) atoms. The highest BCUT2D eigenvalue weighted by Crippen LogP contribution is 2.40. The van der Waals surface area contributed by atoms with E-state index in [9.17, 15) is 9.59 Å². The standard InChI is InChI=1S/C20H30N2O4/c1-19(2,3)26-18(24)22-13-10-20(15-22)8-11-21(12-9-20)17(23)7-6-16-5-4-14-25-16/h4-5,14H,6-13,15H2,1-3H3. The van der Waals surface area contributed by atoms with E-state index in [1.807, 2.05) is 42.7 Å². The van der Waals surface area contributed by atoms with Gasteiger partial charge in [-0.15, -0.1) is 0 Å². The van der Waals surface area contributed by atoms with Crippen LogP contribution in [0.1, 0.15) is 52.2 Å². The summed E-state index contributed by atoms with van der Waals surface area (Å²) in [5.41, 5.74) is -0.314. The lowest BCUT2D eigenvalue weighted by molar-refractivity contribution is -0.133. The second kappa shape index (κ2) is 7.33. The van der Waals surface area contributed by atoms with Gasteiger partial charge in [0.1, 0.15) is 11.4 Å². The van der Waals surface area contributed by atoms with Crippen LogP contribution in [0, 0.1) is 5.41 Å². The van der Waals surface area contributed by atoms with Gasteiger partial charge in [0.25, 0.3) is 0 Å². The van der Waals surface area contributed by atoms with Crippen LogP contribution in [0.5, 0.6) is 0 Å². The number of aryl methyl sites for hydroxylation is 1. The van der Waals surface area contributed by atoms with E-state index in [1.54, 1.807) is 6.26 Å². The molecule has 0 bridgehead atoms. The first-order valence-electron chi connectivity index (χ1n) is 9.55. The molecule has 0 unspecified atom stereocenters. The van der Waals surface area contributed by atoms with Gasteiger partial charge in [-0.25, -0.2) is 4.79 Å². The molecule has 2 saturated heterocycles. The molecule has 0 radical (unpaired) electrons. The summed E-state index contributed by atoms with van der Waals surface area (Å²) >= 11 is 0. The predicted octanol–water partition coefficient (Wildman–Crippen LogP) is 3.46. The zero-order valence-electron chi connectivity index (χ0n) is 16.1. The summed E-state index contributed by atoms with van der Waals surface area (Å²) in [5.74, 6) is 1.05. The van der Waals surface area contributed by atoms with Gasteiger partial charge in [0.15, 0.2) is 0 Å². The third-order valence-corrected chi connectivity index (χ3v) is 5.43. The van der Waals surface area contributed by atoms with Gasteiger partial charge in [0, 0.05) is 39.0 Å². The first-order chi connectivity index (χ1) is 12.3. The normalized spacial score (nSPS) is 19.8. The Morgan fingerprint density at radius 3 is 2.38 bits per heavy atom. The lowest BCUT2D eigenvalue weighted by atomic mass is 9.77. The molecular weight excluding hydrogens is 332 g/mol. The number of likely N-dealkylation sites (tertiary alicyclic amines) is 2. The molecule has 0 saturated carbocycles. The highest BCUT2D eigenvalue weighted by Gasteiger charge is 2.43. The molecule has 1 aromatic rings. The van der Waals surface area contributed by atoms with Crippen molar-refractivity contribution in [2.75, 3.05) is 26.2 Å². The zero-order valence-corrected chi connectivity index (χ0v) is 16.1. The maximum absolute atomic E-state index is 12.4. The molecule has 2 amide bonds. The van der Waals surface area contributed by atoms with Crippen molar-refractivity contribution >= 4 is 12.0 Å². The van der Waals surface area contributed by atoms with Crippen LogP contribution in [0.3, 0.4) is 0 Å². The van der Waals surface area contributed by atoms with E-state index in [4.69, 9.17) is 9.15 Å². The largest absolute Gasteiger partial charge is 0.469 e. The zero-order chi connectivity index (χ0) is 18.8. The Labute approximate surface area is 155 Å². The first-order valence-corrected chi connectivity index (χ1v) is 9.55. The molecule has 0 atom stereocenters. The molecule has 6 nitrogen and oxygen atoms in total. The number of carbonyl (C=O) groups is 2. The Balaban J connectivity index is 1.46. The van der Waals surface area contributed by atoms with Gasteiger partial charge in [-0.3, -0.25) is 4.79 Å². The fourth-order valence-corrected chi connectivity index (χ4v) is 3.90. The molecule has 144 valence electrons. The minimum Gasteiger partial charge on any atom is -0.469 e.